The standard InChI is InChI=1S/C17H21F3O/c1-9-8-10(2)14(12(4)11(9)3)13-6-7-16(5,15(13)21)17(18,19)20/h8,21H,6-7H2,1-5H3. The number of hydrogen-bond acceptors (Lipinski definition) is 1. The van der Waals surface area contributed by atoms with Gasteiger partial charge in [-0.25, -0.2) is 0 Å². The van der Waals surface area contributed by atoms with Gasteiger partial charge in [-0.3, -0.25) is 0 Å². The molecule has 1 N–H and O–H groups in total. The number of aliphatic hydroxyl groups is 1. The van der Waals surface area contributed by atoms with Crippen LogP contribution in [0.2, 0.25) is 0 Å². The molecule has 0 spiro atoms. The molecule has 0 bridgehead atoms. The van der Waals surface area contributed by atoms with Gasteiger partial charge in [-0.2, -0.15) is 13.2 Å². The first-order valence-electron chi connectivity index (χ1n) is 7.08. The number of aliphatic hydroxyl groups excluding tert-OH is 1. The van der Waals surface area contributed by atoms with Crippen LogP contribution in [0.5, 0.6) is 0 Å². The molecule has 116 valence electrons. The summed E-state index contributed by atoms with van der Waals surface area (Å²) >= 11 is 0. The fourth-order valence-corrected chi connectivity index (χ4v) is 3.21. The summed E-state index contributed by atoms with van der Waals surface area (Å²) in [6, 6.07) is 1.97. The SMILES string of the molecule is Cc1cc(C)c(C2=C(O)C(C)(C(F)(F)F)CC2)c(C)c1C. The molecule has 1 aliphatic carbocycles. The molecule has 1 unspecified atom stereocenters. The second kappa shape index (κ2) is 4.79. The maximum absolute atomic E-state index is 13.2. The summed E-state index contributed by atoms with van der Waals surface area (Å²) in [5.74, 6) is -0.510. The fraction of sp³-hybridized carbons (Fsp3) is 0.529. The number of aryl methyl sites for hydroxylation is 2. The Bertz CT molecular complexity index is 626. The fourth-order valence-electron chi connectivity index (χ4n) is 3.21. The van der Waals surface area contributed by atoms with Gasteiger partial charge in [0, 0.05) is 0 Å². The van der Waals surface area contributed by atoms with Crippen molar-refractivity contribution in [3.05, 3.63) is 39.6 Å². The van der Waals surface area contributed by atoms with Gasteiger partial charge in [0.05, 0.1) is 0 Å². The van der Waals surface area contributed by atoms with Crippen molar-refractivity contribution in [1.82, 2.24) is 0 Å². The quantitative estimate of drug-likeness (QED) is 0.720. The molecule has 2 rings (SSSR count). The minimum absolute atomic E-state index is 0.0938. The largest absolute Gasteiger partial charge is 0.511 e. The van der Waals surface area contributed by atoms with E-state index in [0.717, 1.165) is 34.7 Å². The van der Waals surface area contributed by atoms with Crippen molar-refractivity contribution >= 4 is 5.57 Å². The summed E-state index contributed by atoms with van der Waals surface area (Å²) in [5.41, 5.74) is 3.17. The smallest absolute Gasteiger partial charge is 0.401 e. The summed E-state index contributed by atoms with van der Waals surface area (Å²) in [6.45, 7) is 8.83. The molecule has 1 nitrogen and oxygen atoms in total. The van der Waals surface area contributed by atoms with E-state index in [1.807, 2.05) is 33.8 Å². The summed E-state index contributed by atoms with van der Waals surface area (Å²) in [6.07, 6.45) is -4.27. The first kappa shape index (κ1) is 15.9. The molecule has 21 heavy (non-hydrogen) atoms. The Kier molecular flexibility index (Phi) is 3.63. The zero-order valence-corrected chi connectivity index (χ0v) is 13.1. The Hall–Kier alpha value is -1.45. The first-order chi connectivity index (χ1) is 9.50. The lowest BCUT2D eigenvalue weighted by Gasteiger charge is -2.27. The highest BCUT2D eigenvalue weighted by molar-refractivity contribution is 5.76. The van der Waals surface area contributed by atoms with Crippen LogP contribution in [0.25, 0.3) is 5.57 Å². The third-order valence-corrected chi connectivity index (χ3v) is 4.97. The molecule has 0 amide bonds. The zero-order chi connectivity index (χ0) is 16.2. The maximum Gasteiger partial charge on any atom is 0.401 e. The molecule has 0 saturated heterocycles. The van der Waals surface area contributed by atoms with Gasteiger partial charge >= 0.3 is 6.18 Å². The summed E-state index contributed by atoms with van der Waals surface area (Å²) in [5, 5.41) is 10.3. The van der Waals surface area contributed by atoms with Crippen molar-refractivity contribution in [2.45, 2.75) is 53.6 Å². The van der Waals surface area contributed by atoms with Crippen molar-refractivity contribution in [2.24, 2.45) is 5.41 Å². The Morgan fingerprint density at radius 2 is 1.62 bits per heavy atom. The minimum atomic E-state index is -4.43. The average Bonchev–Trinajstić information content (AvgIpc) is 2.65. The number of rotatable bonds is 1. The lowest BCUT2D eigenvalue weighted by molar-refractivity contribution is -0.211. The predicted octanol–water partition coefficient (Wildman–Crippen LogP) is 5.55. The lowest BCUT2D eigenvalue weighted by Crippen LogP contribution is -2.34. The zero-order valence-electron chi connectivity index (χ0n) is 13.1. The van der Waals surface area contributed by atoms with Crippen LogP contribution in [0.15, 0.2) is 11.8 Å². The van der Waals surface area contributed by atoms with Crippen molar-refractivity contribution in [2.75, 3.05) is 0 Å². The summed E-state index contributed by atoms with van der Waals surface area (Å²) in [7, 11) is 0. The summed E-state index contributed by atoms with van der Waals surface area (Å²) < 4.78 is 39.7. The Labute approximate surface area is 123 Å². The third kappa shape index (κ3) is 2.25. The second-order valence-corrected chi connectivity index (χ2v) is 6.29. The van der Waals surface area contributed by atoms with Gasteiger partial charge in [0.25, 0.3) is 0 Å². The molecule has 4 heteroatoms. The molecule has 0 fully saturated rings. The number of hydrogen-bond donors (Lipinski definition) is 1. The van der Waals surface area contributed by atoms with Crippen LogP contribution >= 0.6 is 0 Å². The van der Waals surface area contributed by atoms with E-state index in [4.69, 9.17) is 0 Å². The highest BCUT2D eigenvalue weighted by Crippen LogP contribution is 2.55. The van der Waals surface area contributed by atoms with Crippen LogP contribution in [-0.2, 0) is 0 Å². The normalized spacial score (nSPS) is 23.0. The monoisotopic (exact) mass is 298 g/mol. The van der Waals surface area contributed by atoms with Crippen LogP contribution in [0.1, 0.15) is 47.6 Å². The van der Waals surface area contributed by atoms with E-state index in [0.29, 0.717) is 5.57 Å². The van der Waals surface area contributed by atoms with Crippen LogP contribution in [-0.4, -0.2) is 11.3 Å². The molecular weight excluding hydrogens is 277 g/mol. The molecule has 1 aromatic rings. The minimum Gasteiger partial charge on any atom is -0.511 e. The molecule has 0 aliphatic heterocycles. The molecular formula is C17H21F3O. The number of alkyl halides is 3. The van der Waals surface area contributed by atoms with Gasteiger partial charge < -0.3 is 5.11 Å². The van der Waals surface area contributed by atoms with Gasteiger partial charge in [-0.15, -0.1) is 0 Å². The van der Waals surface area contributed by atoms with Crippen LogP contribution in [0.4, 0.5) is 13.2 Å². The molecule has 0 radical (unpaired) electrons. The van der Waals surface area contributed by atoms with E-state index in [9.17, 15) is 18.3 Å². The van der Waals surface area contributed by atoms with Gasteiger partial charge in [0.1, 0.15) is 11.2 Å². The lowest BCUT2D eigenvalue weighted by atomic mass is 9.87. The first-order valence-corrected chi connectivity index (χ1v) is 7.08. The van der Waals surface area contributed by atoms with Crippen molar-refractivity contribution < 1.29 is 18.3 Å². The van der Waals surface area contributed by atoms with Crippen molar-refractivity contribution in [1.29, 1.82) is 0 Å². The van der Waals surface area contributed by atoms with Gasteiger partial charge in [-0.1, -0.05) is 6.07 Å². The molecule has 1 aliphatic rings. The molecule has 0 aromatic heterocycles. The van der Waals surface area contributed by atoms with Crippen LogP contribution < -0.4 is 0 Å². The van der Waals surface area contributed by atoms with E-state index in [1.165, 1.54) is 0 Å². The summed E-state index contributed by atoms with van der Waals surface area (Å²) in [4.78, 5) is 0. The van der Waals surface area contributed by atoms with E-state index < -0.39 is 17.4 Å². The second-order valence-electron chi connectivity index (χ2n) is 6.29. The van der Waals surface area contributed by atoms with Crippen LogP contribution in [0.3, 0.4) is 0 Å². The Morgan fingerprint density at radius 3 is 2.10 bits per heavy atom. The highest BCUT2D eigenvalue weighted by Gasteiger charge is 2.57. The van der Waals surface area contributed by atoms with Gasteiger partial charge in [0.15, 0.2) is 0 Å². The van der Waals surface area contributed by atoms with E-state index >= 15 is 0 Å². The van der Waals surface area contributed by atoms with Gasteiger partial charge in [0.2, 0.25) is 0 Å². The molecule has 0 saturated carbocycles. The third-order valence-electron chi connectivity index (χ3n) is 4.97. The molecule has 1 atom stereocenters. The topological polar surface area (TPSA) is 20.2 Å². The van der Waals surface area contributed by atoms with E-state index in [2.05, 4.69) is 0 Å². The van der Waals surface area contributed by atoms with E-state index in [-0.39, 0.29) is 12.8 Å². The number of benzene rings is 1. The average molecular weight is 298 g/mol. The van der Waals surface area contributed by atoms with E-state index in [1.54, 1.807) is 0 Å². The number of halogens is 3. The van der Waals surface area contributed by atoms with Crippen molar-refractivity contribution in [3.8, 4) is 0 Å². The maximum atomic E-state index is 13.2. The van der Waals surface area contributed by atoms with Crippen molar-refractivity contribution in [3.63, 3.8) is 0 Å². The Balaban J connectivity index is 2.67. The van der Waals surface area contributed by atoms with Crippen LogP contribution in [0, 0.1) is 33.1 Å². The van der Waals surface area contributed by atoms with Gasteiger partial charge in [-0.05, 0) is 80.9 Å². The highest BCUT2D eigenvalue weighted by atomic mass is 19.4. The Morgan fingerprint density at radius 1 is 1.05 bits per heavy atom. The predicted molar refractivity (Wildman–Crippen MR) is 78.3 cm³/mol. The number of allylic oxidation sites excluding steroid dienone is 2. The molecule has 0 heterocycles. The molecule has 1 aromatic carbocycles.